The zero-order valence-electron chi connectivity index (χ0n) is 17.8. The molecule has 9 heteroatoms. The van der Waals surface area contributed by atoms with Crippen LogP contribution in [0, 0.1) is 13.8 Å². The number of benzene rings is 2. The number of hydrogen-bond acceptors (Lipinski definition) is 5. The highest BCUT2D eigenvalue weighted by Crippen LogP contribution is 2.36. The summed E-state index contributed by atoms with van der Waals surface area (Å²) in [5.74, 6) is 0.321. The van der Waals surface area contributed by atoms with Crippen molar-refractivity contribution < 1.29 is 17.6 Å². The zero-order chi connectivity index (χ0) is 23.0. The molecule has 0 bridgehead atoms. The van der Waals surface area contributed by atoms with E-state index in [1.165, 1.54) is 16.4 Å². The second-order valence-electron chi connectivity index (χ2n) is 7.68. The average molecular weight is 472 g/mol. The lowest BCUT2D eigenvalue weighted by molar-refractivity contribution is 0.0692. The molecule has 1 aliphatic rings. The minimum absolute atomic E-state index is 0.302. The minimum Gasteiger partial charge on any atom is -0.467 e. The first-order valence-electron chi connectivity index (χ1n) is 9.96. The molecule has 1 atom stereocenters. The molecule has 2 heterocycles. The maximum absolute atomic E-state index is 13.5. The van der Waals surface area contributed by atoms with E-state index >= 15 is 0 Å². The lowest BCUT2D eigenvalue weighted by Crippen LogP contribution is -2.27. The monoisotopic (exact) mass is 471 g/mol. The molecule has 0 fully saturated rings. The maximum atomic E-state index is 13.5. The van der Waals surface area contributed by atoms with Crippen LogP contribution in [-0.4, -0.2) is 32.1 Å². The Morgan fingerprint density at radius 3 is 2.50 bits per heavy atom. The Bertz CT molecular complexity index is 1240. The Kier molecular flexibility index (Phi) is 6.08. The van der Waals surface area contributed by atoms with Gasteiger partial charge in [0.25, 0.3) is 5.91 Å². The summed E-state index contributed by atoms with van der Waals surface area (Å²) in [6.45, 7) is 3.78. The van der Waals surface area contributed by atoms with Crippen LogP contribution in [-0.2, 0) is 10.9 Å². The van der Waals surface area contributed by atoms with Gasteiger partial charge in [-0.15, -0.1) is 0 Å². The van der Waals surface area contributed by atoms with Crippen LogP contribution < -0.4 is 4.31 Å². The average Bonchev–Trinajstić information content (AvgIpc) is 3.42. The Hall–Kier alpha value is -3.10. The summed E-state index contributed by atoms with van der Waals surface area (Å²) in [4.78, 5) is 13.5. The Morgan fingerprint density at radius 2 is 1.91 bits per heavy atom. The van der Waals surface area contributed by atoms with Gasteiger partial charge in [0, 0.05) is 13.5 Å². The van der Waals surface area contributed by atoms with Gasteiger partial charge in [0.2, 0.25) is 10.9 Å². The van der Waals surface area contributed by atoms with Crippen LogP contribution in [0.25, 0.3) is 0 Å². The molecular formula is C23H22ClN3O4S. The molecular weight excluding hydrogens is 450 g/mol. The highest BCUT2D eigenvalue weighted by molar-refractivity contribution is 7.74. The van der Waals surface area contributed by atoms with Gasteiger partial charge in [0.05, 0.1) is 28.2 Å². The van der Waals surface area contributed by atoms with Crippen LogP contribution in [0.2, 0.25) is 5.02 Å². The van der Waals surface area contributed by atoms with Crippen molar-refractivity contribution in [3.63, 3.8) is 0 Å². The highest BCUT2D eigenvalue weighted by atomic mass is 35.5. The van der Waals surface area contributed by atoms with E-state index < -0.39 is 16.9 Å². The molecule has 0 saturated carbocycles. The van der Waals surface area contributed by atoms with Gasteiger partial charge in [-0.05, 0) is 60.9 Å². The molecule has 1 unspecified atom stereocenters. The van der Waals surface area contributed by atoms with Crippen LogP contribution in [0.5, 0.6) is 0 Å². The van der Waals surface area contributed by atoms with Gasteiger partial charge in [0.1, 0.15) is 11.8 Å². The van der Waals surface area contributed by atoms with Crippen molar-refractivity contribution in [2.45, 2.75) is 26.3 Å². The first-order chi connectivity index (χ1) is 15.3. The zero-order valence-corrected chi connectivity index (χ0v) is 19.4. The fourth-order valence-electron chi connectivity index (χ4n) is 3.84. The number of aryl methyl sites for hydroxylation is 2. The number of carbonyl (C=O) groups excluding carboxylic acids is 1. The normalized spacial score (nSPS) is 15.8. The number of nitrogens with zero attached hydrogens (tertiary/aromatic N) is 3. The number of rotatable bonds is 5. The fourth-order valence-corrected chi connectivity index (χ4v) is 4.56. The Balaban J connectivity index is 1.72. The van der Waals surface area contributed by atoms with Crippen molar-refractivity contribution in [3.05, 3.63) is 87.8 Å². The largest absolute Gasteiger partial charge is 0.467 e. The summed E-state index contributed by atoms with van der Waals surface area (Å²) >= 11 is 6.43. The first kappa shape index (κ1) is 22.1. The van der Waals surface area contributed by atoms with Crippen LogP contribution in [0.3, 0.4) is 0 Å². The SMILES string of the molecule is Cc1cc(C)c(C(=O)N2N=C(c3ccc(N(C)[SH](=O)=O)cc3)CC2c2ccco2)c(Cl)c1. The van der Waals surface area contributed by atoms with Crippen molar-refractivity contribution >= 4 is 39.8 Å². The standard InChI is InChI=1S/C23H22ClN3O4S/c1-14-11-15(2)22(18(24)12-14)23(28)27-20(21-5-4-10-31-21)13-19(25-27)16-6-8-17(9-7-16)26(3)32(29)30/h4-12,20,32H,13H2,1-3H3. The number of halogens is 1. The smallest absolute Gasteiger partial charge is 0.276 e. The van der Waals surface area contributed by atoms with E-state index in [4.69, 9.17) is 16.0 Å². The first-order valence-corrected chi connectivity index (χ1v) is 11.5. The van der Waals surface area contributed by atoms with E-state index in [-0.39, 0.29) is 5.91 Å². The molecule has 0 aliphatic carbocycles. The summed E-state index contributed by atoms with van der Waals surface area (Å²) < 4.78 is 29.2. The second-order valence-corrected chi connectivity index (χ2v) is 9.16. The van der Waals surface area contributed by atoms with Crippen molar-refractivity contribution in [2.75, 3.05) is 11.4 Å². The van der Waals surface area contributed by atoms with E-state index in [2.05, 4.69) is 5.10 Å². The van der Waals surface area contributed by atoms with Gasteiger partial charge in [0.15, 0.2) is 0 Å². The van der Waals surface area contributed by atoms with E-state index in [1.54, 1.807) is 42.7 Å². The lowest BCUT2D eigenvalue weighted by Gasteiger charge is -2.21. The molecule has 0 radical (unpaired) electrons. The van der Waals surface area contributed by atoms with E-state index in [9.17, 15) is 13.2 Å². The third kappa shape index (κ3) is 4.16. The predicted octanol–water partition coefficient (Wildman–Crippen LogP) is 4.50. The number of anilines is 1. The van der Waals surface area contributed by atoms with Gasteiger partial charge in [-0.3, -0.25) is 9.10 Å². The molecule has 4 rings (SSSR count). The number of hydrazone groups is 1. The molecule has 166 valence electrons. The van der Waals surface area contributed by atoms with Gasteiger partial charge >= 0.3 is 0 Å². The van der Waals surface area contributed by atoms with E-state index in [1.807, 2.05) is 26.0 Å². The molecule has 0 spiro atoms. The molecule has 0 N–H and O–H groups in total. The number of furan rings is 1. The summed E-state index contributed by atoms with van der Waals surface area (Å²) in [7, 11) is -1.23. The molecule has 2 aromatic carbocycles. The fraction of sp³-hybridized carbons (Fsp3) is 0.217. The number of hydrogen-bond donors (Lipinski definition) is 1. The second kappa shape index (κ2) is 8.80. The van der Waals surface area contributed by atoms with Gasteiger partial charge in [-0.1, -0.05) is 29.8 Å². The summed E-state index contributed by atoms with van der Waals surface area (Å²) in [5.41, 5.74) is 4.20. The van der Waals surface area contributed by atoms with Crippen molar-refractivity contribution in [1.29, 1.82) is 0 Å². The third-order valence-corrected chi connectivity index (χ3v) is 6.47. The predicted molar refractivity (Wildman–Crippen MR) is 125 cm³/mol. The van der Waals surface area contributed by atoms with E-state index in [0.717, 1.165) is 16.7 Å². The van der Waals surface area contributed by atoms with Crippen molar-refractivity contribution in [1.82, 2.24) is 5.01 Å². The van der Waals surface area contributed by atoms with Crippen molar-refractivity contribution in [2.24, 2.45) is 5.10 Å². The van der Waals surface area contributed by atoms with Crippen LogP contribution in [0.15, 0.2) is 64.3 Å². The summed E-state index contributed by atoms with van der Waals surface area (Å²) in [5, 5.41) is 6.44. The molecule has 3 aromatic rings. The van der Waals surface area contributed by atoms with Crippen molar-refractivity contribution in [3.8, 4) is 0 Å². The topological polar surface area (TPSA) is 83.2 Å². The Morgan fingerprint density at radius 1 is 1.19 bits per heavy atom. The Labute approximate surface area is 193 Å². The molecule has 1 aliphatic heterocycles. The number of amides is 1. The van der Waals surface area contributed by atoms with Crippen LogP contribution in [0.4, 0.5) is 5.69 Å². The molecule has 0 saturated heterocycles. The summed E-state index contributed by atoms with van der Waals surface area (Å²) in [6, 6.07) is 13.8. The lowest BCUT2D eigenvalue weighted by atomic mass is 10.0. The molecule has 1 amide bonds. The van der Waals surface area contributed by atoms with Crippen LogP contribution in [0.1, 0.15) is 45.3 Å². The highest BCUT2D eigenvalue weighted by Gasteiger charge is 2.36. The number of carbonyl (C=O) groups is 1. The molecule has 7 nitrogen and oxygen atoms in total. The summed E-state index contributed by atoms with van der Waals surface area (Å²) in [6.07, 6.45) is 2.02. The number of thiol groups is 1. The maximum Gasteiger partial charge on any atom is 0.276 e. The van der Waals surface area contributed by atoms with Gasteiger partial charge in [-0.25, -0.2) is 13.4 Å². The van der Waals surface area contributed by atoms with Gasteiger partial charge < -0.3 is 4.42 Å². The van der Waals surface area contributed by atoms with Crippen LogP contribution >= 0.6 is 11.6 Å². The third-order valence-electron chi connectivity index (χ3n) is 5.45. The quantitative estimate of drug-likeness (QED) is 0.555. The minimum atomic E-state index is -2.71. The molecule has 1 aromatic heterocycles. The van der Waals surface area contributed by atoms with Gasteiger partial charge in [-0.2, -0.15) is 5.10 Å². The molecule has 32 heavy (non-hydrogen) atoms. The van der Waals surface area contributed by atoms with E-state index in [0.29, 0.717) is 34.2 Å².